The second-order valence-electron chi connectivity index (χ2n) is 7.06. The summed E-state index contributed by atoms with van der Waals surface area (Å²) in [5, 5.41) is 36.1. The van der Waals surface area contributed by atoms with E-state index in [1.54, 1.807) is 42.5 Å². The third kappa shape index (κ3) is 9.82. The van der Waals surface area contributed by atoms with Crippen molar-refractivity contribution < 1.29 is 39.4 Å². The number of phenols is 3. The number of methoxy groups -OCH3 is 3. The summed E-state index contributed by atoms with van der Waals surface area (Å²) in [5.41, 5.74) is 2.45. The fourth-order valence-corrected chi connectivity index (χ4v) is 2.77. The molecule has 0 aromatic heterocycles. The highest BCUT2D eigenvalue weighted by molar-refractivity contribution is 5.76. The Bertz CT molecular complexity index is 1140. The lowest BCUT2D eigenvalue weighted by molar-refractivity contribution is 0.112. The average molecular weight is 497 g/mol. The Hall–Kier alpha value is -4.43. The molecule has 0 aliphatic heterocycles. The number of carbonyl (C=O) groups excluding carboxylic acids is 1. The molecular formula is C28H32O8. The van der Waals surface area contributed by atoms with E-state index in [2.05, 4.69) is 6.58 Å². The first-order valence-electron chi connectivity index (χ1n) is 10.8. The number of ether oxygens (including phenoxy) is 3. The molecule has 0 atom stereocenters. The summed E-state index contributed by atoms with van der Waals surface area (Å²) in [4.78, 5) is 10.2. The molecule has 8 heteroatoms. The number of aldehydes is 1. The highest BCUT2D eigenvalue weighted by Crippen LogP contribution is 2.27. The van der Waals surface area contributed by atoms with Gasteiger partial charge in [0.1, 0.15) is 6.29 Å². The van der Waals surface area contributed by atoms with Gasteiger partial charge in [-0.3, -0.25) is 4.79 Å². The topological polar surface area (TPSA) is 126 Å². The van der Waals surface area contributed by atoms with E-state index >= 15 is 0 Å². The number of hydrogen-bond acceptors (Lipinski definition) is 8. The van der Waals surface area contributed by atoms with Crippen molar-refractivity contribution >= 4 is 12.4 Å². The summed E-state index contributed by atoms with van der Waals surface area (Å²) in [7, 11) is 4.46. The molecule has 0 fully saturated rings. The number of carbonyl (C=O) groups is 1. The van der Waals surface area contributed by atoms with Crippen LogP contribution in [0.5, 0.6) is 34.5 Å². The van der Waals surface area contributed by atoms with Crippen LogP contribution in [0.2, 0.25) is 0 Å². The van der Waals surface area contributed by atoms with E-state index in [9.17, 15) is 15.0 Å². The maximum atomic E-state index is 10.2. The minimum absolute atomic E-state index is 0.00317. The predicted octanol–water partition coefficient (Wildman–Crippen LogP) is 4.75. The van der Waals surface area contributed by atoms with Crippen LogP contribution in [0.3, 0.4) is 0 Å². The van der Waals surface area contributed by atoms with Gasteiger partial charge in [-0.15, -0.1) is 6.58 Å². The SMILES string of the molecule is C=CCc1ccc(O)c(OC)c1.COc1cc(/C=C/CO)ccc1O.COc1cc(C=O)ccc1O. The molecule has 3 aromatic carbocycles. The molecular weight excluding hydrogens is 464 g/mol. The fraction of sp³-hybridized carbons (Fsp3) is 0.179. The van der Waals surface area contributed by atoms with Crippen LogP contribution in [-0.2, 0) is 6.42 Å². The summed E-state index contributed by atoms with van der Waals surface area (Å²) in [6, 6.07) is 14.7. The lowest BCUT2D eigenvalue weighted by atomic mass is 10.1. The van der Waals surface area contributed by atoms with Crippen molar-refractivity contribution in [3.63, 3.8) is 0 Å². The van der Waals surface area contributed by atoms with Gasteiger partial charge in [0, 0.05) is 5.56 Å². The molecule has 3 rings (SSSR count). The first-order chi connectivity index (χ1) is 17.3. The quantitative estimate of drug-likeness (QED) is 0.260. The van der Waals surface area contributed by atoms with Crippen LogP contribution in [0.25, 0.3) is 6.08 Å². The Kier molecular flexibility index (Phi) is 13.4. The smallest absolute Gasteiger partial charge is 0.161 e. The Morgan fingerprint density at radius 1 is 0.750 bits per heavy atom. The van der Waals surface area contributed by atoms with E-state index in [1.165, 1.54) is 39.5 Å². The van der Waals surface area contributed by atoms with Gasteiger partial charge in [0.15, 0.2) is 34.5 Å². The van der Waals surface area contributed by atoms with Crippen molar-refractivity contribution in [2.45, 2.75) is 6.42 Å². The Morgan fingerprint density at radius 3 is 1.69 bits per heavy atom. The van der Waals surface area contributed by atoms with E-state index < -0.39 is 0 Å². The molecule has 0 saturated heterocycles. The molecule has 0 aliphatic carbocycles. The minimum Gasteiger partial charge on any atom is -0.504 e. The van der Waals surface area contributed by atoms with Crippen molar-refractivity contribution in [1.29, 1.82) is 0 Å². The van der Waals surface area contributed by atoms with Crippen molar-refractivity contribution in [2.24, 2.45) is 0 Å². The van der Waals surface area contributed by atoms with Crippen molar-refractivity contribution in [3.05, 3.63) is 90.0 Å². The van der Waals surface area contributed by atoms with Gasteiger partial charge in [-0.05, 0) is 60.0 Å². The Morgan fingerprint density at radius 2 is 1.22 bits per heavy atom. The van der Waals surface area contributed by atoms with Gasteiger partial charge in [0.05, 0.1) is 27.9 Å². The minimum atomic E-state index is 0.00317. The number of rotatable bonds is 8. The van der Waals surface area contributed by atoms with Gasteiger partial charge in [-0.25, -0.2) is 0 Å². The third-order valence-electron chi connectivity index (χ3n) is 4.58. The highest BCUT2D eigenvalue weighted by atomic mass is 16.5. The van der Waals surface area contributed by atoms with E-state index in [0.717, 1.165) is 17.5 Å². The van der Waals surface area contributed by atoms with Crippen LogP contribution >= 0.6 is 0 Å². The monoisotopic (exact) mass is 496 g/mol. The molecule has 192 valence electrons. The van der Waals surface area contributed by atoms with Crippen molar-refractivity contribution in [3.8, 4) is 34.5 Å². The number of allylic oxidation sites excluding steroid dienone is 1. The molecule has 0 amide bonds. The molecule has 0 radical (unpaired) electrons. The summed E-state index contributed by atoms with van der Waals surface area (Å²) in [5.74, 6) is 1.58. The second kappa shape index (κ2) is 16.2. The number of phenolic OH excluding ortho intramolecular Hbond substituents is 3. The van der Waals surface area contributed by atoms with E-state index in [-0.39, 0.29) is 23.9 Å². The number of aliphatic hydroxyl groups is 1. The standard InChI is InChI=1S/C10H12O3.C10H12O2.C8H8O3/c1-13-10-7-8(3-2-6-11)4-5-9(10)12;1-3-4-8-5-6-9(11)10(7-8)12-2;1-11-8-4-6(5-9)2-3-7(8)10/h2-5,7,11-12H,6H2,1H3;3,5-7,11H,1,4H2,2H3;2-5,10H,1H3/b3-2+;;. The van der Waals surface area contributed by atoms with E-state index in [0.29, 0.717) is 29.1 Å². The molecule has 4 N–H and O–H groups in total. The number of benzene rings is 3. The zero-order valence-corrected chi connectivity index (χ0v) is 20.5. The zero-order chi connectivity index (χ0) is 26.9. The van der Waals surface area contributed by atoms with Gasteiger partial charge >= 0.3 is 0 Å². The van der Waals surface area contributed by atoms with Crippen LogP contribution in [0.15, 0.2) is 73.3 Å². The third-order valence-corrected chi connectivity index (χ3v) is 4.58. The average Bonchev–Trinajstić information content (AvgIpc) is 2.90. The molecule has 36 heavy (non-hydrogen) atoms. The summed E-state index contributed by atoms with van der Waals surface area (Å²) in [6.45, 7) is 3.63. The number of hydrogen-bond donors (Lipinski definition) is 4. The number of aromatic hydroxyl groups is 3. The molecule has 0 aliphatic rings. The first kappa shape index (κ1) is 29.6. The van der Waals surface area contributed by atoms with Crippen molar-refractivity contribution in [2.75, 3.05) is 27.9 Å². The van der Waals surface area contributed by atoms with Gasteiger partial charge in [0.25, 0.3) is 0 Å². The van der Waals surface area contributed by atoms with Gasteiger partial charge in [0.2, 0.25) is 0 Å². The molecule has 3 aromatic rings. The lowest BCUT2D eigenvalue weighted by Crippen LogP contribution is -1.86. The molecule has 0 bridgehead atoms. The Labute approximate surface area is 211 Å². The van der Waals surface area contributed by atoms with Crippen LogP contribution < -0.4 is 14.2 Å². The van der Waals surface area contributed by atoms with Gasteiger partial charge in [-0.2, -0.15) is 0 Å². The molecule has 0 unspecified atom stereocenters. The fourth-order valence-electron chi connectivity index (χ4n) is 2.77. The van der Waals surface area contributed by atoms with Crippen LogP contribution in [0.4, 0.5) is 0 Å². The van der Waals surface area contributed by atoms with Crippen LogP contribution in [-0.4, -0.2) is 54.6 Å². The summed E-state index contributed by atoms with van der Waals surface area (Å²) in [6.07, 6.45) is 6.66. The summed E-state index contributed by atoms with van der Waals surface area (Å²) >= 11 is 0. The van der Waals surface area contributed by atoms with Crippen LogP contribution in [0.1, 0.15) is 21.5 Å². The molecule has 0 spiro atoms. The Balaban J connectivity index is 0.000000271. The predicted molar refractivity (Wildman–Crippen MR) is 139 cm³/mol. The second-order valence-corrected chi connectivity index (χ2v) is 7.06. The largest absolute Gasteiger partial charge is 0.504 e. The van der Waals surface area contributed by atoms with Gasteiger partial charge in [-0.1, -0.05) is 30.4 Å². The zero-order valence-electron chi connectivity index (χ0n) is 20.5. The maximum absolute atomic E-state index is 10.2. The normalized spacial score (nSPS) is 9.78. The maximum Gasteiger partial charge on any atom is 0.161 e. The van der Waals surface area contributed by atoms with Crippen molar-refractivity contribution in [1.82, 2.24) is 0 Å². The first-order valence-corrected chi connectivity index (χ1v) is 10.8. The van der Waals surface area contributed by atoms with E-state index in [1.807, 2.05) is 12.1 Å². The lowest BCUT2D eigenvalue weighted by Gasteiger charge is -2.04. The molecule has 8 nitrogen and oxygen atoms in total. The van der Waals surface area contributed by atoms with Crippen LogP contribution in [0, 0.1) is 0 Å². The van der Waals surface area contributed by atoms with Gasteiger partial charge < -0.3 is 34.6 Å². The number of aliphatic hydroxyl groups excluding tert-OH is 1. The molecule has 0 heterocycles. The summed E-state index contributed by atoms with van der Waals surface area (Å²) < 4.78 is 14.6. The molecule has 0 saturated carbocycles. The van der Waals surface area contributed by atoms with E-state index in [4.69, 9.17) is 24.4 Å². The highest BCUT2D eigenvalue weighted by Gasteiger charge is 2.02.